The first-order valence-electron chi connectivity index (χ1n) is 8.84. The molecule has 1 atom stereocenters. The van der Waals surface area contributed by atoms with Gasteiger partial charge in [-0.1, -0.05) is 5.16 Å². The van der Waals surface area contributed by atoms with Crippen molar-refractivity contribution in [1.29, 1.82) is 0 Å². The maximum Gasteiger partial charge on any atom is 0.274 e. The summed E-state index contributed by atoms with van der Waals surface area (Å²) >= 11 is 0. The van der Waals surface area contributed by atoms with E-state index >= 15 is 0 Å². The van der Waals surface area contributed by atoms with Crippen LogP contribution < -0.4 is 9.47 Å². The predicted octanol–water partition coefficient (Wildman–Crippen LogP) is 2.52. The Morgan fingerprint density at radius 1 is 1.21 bits per heavy atom. The molecular formula is C19H19N5O4. The highest BCUT2D eigenvalue weighted by Crippen LogP contribution is 2.35. The second-order valence-electron chi connectivity index (χ2n) is 6.27. The molecule has 0 saturated carbocycles. The molecule has 1 aromatic carbocycles. The van der Waals surface area contributed by atoms with Crippen molar-refractivity contribution in [1.82, 2.24) is 25.0 Å². The molecule has 0 N–H and O–H groups in total. The molecule has 9 nitrogen and oxygen atoms in total. The second-order valence-corrected chi connectivity index (χ2v) is 6.27. The van der Waals surface area contributed by atoms with E-state index in [2.05, 4.69) is 20.1 Å². The van der Waals surface area contributed by atoms with Gasteiger partial charge in [-0.25, -0.2) is 4.98 Å². The maximum atomic E-state index is 12.8. The van der Waals surface area contributed by atoms with E-state index in [0.717, 1.165) is 18.4 Å². The highest BCUT2D eigenvalue weighted by molar-refractivity contribution is 5.92. The number of benzene rings is 1. The number of likely N-dealkylation sites (tertiary alicyclic amines) is 1. The molecule has 144 valence electrons. The summed E-state index contributed by atoms with van der Waals surface area (Å²) < 4.78 is 16.1. The zero-order chi connectivity index (χ0) is 19.5. The van der Waals surface area contributed by atoms with Crippen LogP contribution in [0.5, 0.6) is 11.5 Å². The van der Waals surface area contributed by atoms with E-state index in [1.54, 1.807) is 31.3 Å². The molecule has 1 aliphatic rings. The summed E-state index contributed by atoms with van der Waals surface area (Å²) in [6, 6.07) is 5.11. The number of carbonyl (C=O) groups is 1. The number of amides is 1. The second kappa shape index (κ2) is 7.63. The summed E-state index contributed by atoms with van der Waals surface area (Å²) in [6.45, 7) is 0.605. The van der Waals surface area contributed by atoms with Crippen LogP contribution in [-0.4, -0.2) is 51.7 Å². The van der Waals surface area contributed by atoms with Crippen molar-refractivity contribution in [3.8, 4) is 22.9 Å². The van der Waals surface area contributed by atoms with Gasteiger partial charge in [0, 0.05) is 24.5 Å². The van der Waals surface area contributed by atoms with Crippen molar-refractivity contribution in [2.24, 2.45) is 0 Å². The van der Waals surface area contributed by atoms with E-state index in [-0.39, 0.29) is 11.9 Å². The molecule has 4 rings (SSSR count). The average molecular weight is 381 g/mol. The summed E-state index contributed by atoms with van der Waals surface area (Å²) in [6.07, 6.45) is 6.09. The Morgan fingerprint density at radius 2 is 2.07 bits per heavy atom. The van der Waals surface area contributed by atoms with Gasteiger partial charge in [0.2, 0.25) is 11.7 Å². The Morgan fingerprint density at radius 3 is 2.82 bits per heavy atom. The molecule has 0 spiro atoms. The molecule has 0 bridgehead atoms. The molecule has 1 saturated heterocycles. The van der Waals surface area contributed by atoms with Gasteiger partial charge in [-0.15, -0.1) is 0 Å². The Bertz CT molecular complexity index is 975. The molecule has 3 aromatic rings. The minimum atomic E-state index is -0.282. The standard InChI is InChI=1S/C19H19N5O4/c1-26-15-6-5-12(10-16(15)27-2)17-22-18(28-23-17)14-4-3-9-24(14)19(25)13-11-20-7-8-21-13/h5-8,10-11,14H,3-4,9H2,1-2H3. The molecule has 1 fully saturated rings. The first-order chi connectivity index (χ1) is 13.7. The highest BCUT2D eigenvalue weighted by Gasteiger charge is 2.35. The van der Waals surface area contributed by atoms with Gasteiger partial charge < -0.3 is 18.9 Å². The van der Waals surface area contributed by atoms with Crippen molar-refractivity contribution in [2.45, 2.75) is 18.9 Å². The van der Waals surface area contributed by atoms with Crippen LogP contribution in [0.3, 0.4) is 0 Å². The summed E-state index contributed by atoms with van der Waals surface area (Å²) in [5, 5.41) is 4.08. The lowest BCUT2D eigenvalue weighted by molar-refractivity contribution is 0.0703. The Hall–Kier alpha value is -3.49. The van der Waals surface area contributed by atoms with E-state index in [0.29, 0.717) is 35.5 Å². The molecule has 1 amide bonds. The number of rotatable bonds is 5. The molecular weight excluding hydrogens is 362 g/mol. The largest absolute Gasteiger partial charge is 0.493 e. The van der Waals surface area contributed by atoms with Crippen LogP contribution in [0.25, 0.3) is 11.4 Å². The summed E-state index contributed by atoms with van der Waals surface area (Å²) in [7, 11) is 3.14. The van der Waals surface area contributed by atoms with Crippen molar-refractivity contribution in [2.75, 3.05) is 20.8 Å². The van der Waals surface area contributed by atoms with E-state index < -0.39 is 0 Å². The lowest BCUT2D eigenvalue weighted by Gasteiger charge is -2.21. The lowest BCUT2D eigenvalue weighted by Crippen LogP contribution is -2.31. The van der Waals surface area contributed by atoms with Crippen molar-refractivity contribution >= 4 is 5.91 Å². The number of methoxy groups -OCH3 is 2. The summed E-state index contributed by atoms with van der Waals surface area (Å²) in [5.74, 6) is 1.83. The quantitative estimate of drug-likeness (QED) is 0.664. The fourth-order valence-corrected chi connectivity index (χ4v) is 3.29. The molecule has 1 aliphatic heterocycles. The minimum absolute atomic E-state index is 0.193. The zero-order valence-electron chi connectivity index (χ0n) is 15.5. The molecule has 1 unspecified atom stereocenters. The van der Waals surface area contributed by atoms with E-state index in [1.165, 1.54) is 18.6 Å². The van der Waals surface area contributed by atoms with Gasteiger partial charge in [0.15, 0.2) is 11.5 Å². The van der Waals surface area contributed by atoms with Crippen LogP contribution in [0.1, 0.15) is 35.3 Å². The third-order valence-corrected chi connectivity index (χ3v) is 4.66. The van der Waals surface area contributed by atoms with E-state index in [9.17, 15) is 4.79 Å². The molecule has 2 aromatic heterocycles. The normalized spacial score (nSPS) is 16.2. The van der Waals surface area contributed by atoms with Crippen molar-refractivity contribution in [3.63, 3.8) is 0 Å². The fraction of sp³-hybridized carbons (Fsp3) is 0.316. The van der Waals surface area contributed by atoms with Crippen LogP contribution in [0.15, 0.2) is 41.3 Å². The van der Waals surface area contributed by atoms with Crippen LogP contribution >= 0.6 is 0 Å². The predicted molar refractivity (Wildman–Crippen MR) is 97.9 cm³/mol. The average Bonchev–Trinajstić information content (AvgIpc) is 3.42. The van der Waals surface area contributed by atoms with Gasteiger partial charge in [-0.2, -0.15) is 4.98 Å². The molecule has 28 heavy (non-hydrogen) atoms. The summed E-state index contributed by atoms with van der Waals surface area (Å²) in [5.41, 5.74) is 1.03. The Balaban J connectivity index is 1.59. The number of ether oxygens (including phenoxy) is 2. The van der Waals surface area contributed by atoms with Crippen molar-refractivity contribution in [3.05, 3.63) is 48.4 Å². The first-order valence-corrected chi connectivity index (χ1v) is 8.84. The van der Waals surface area contributed by atoms with Crippen molar-refractivity contribution < 1.29 is 18.8 Å². The van der Waals surface area contributed by atoms with Gasteiger partial charge in [0.25, 0.3) is 5.91 Å². The number of hydrogen-bond donors (Lipinski definition) is 0. The van der Waals surface area contributed by atoms with Crippen LogP contribution in [0, 0.1) is 0 Å². The molecule has 9 heteroatoms. The van der Waals surface area contributed by atoms with Crippen LogP contribution in [-0.2, 0) is 0 Å². The number of carbonyl (C=O) groups excluding carboxylic acids is 1. The fourth-order valence-electron chi connectivity index (χ4n) is 3.29. The van der Waals surface area contributed by atoms with Gasteiger partial charge in [-0.3, -0.25) is 9.78 Å². The number of nitrogens with zero attached hydrogens (tertiary/aromatic N) is 5. The molecule has 3 heterocycles. The first kappa shape index (κ1) is 17.9. The van der Waals surface area contributed by atoms with Crippen LogP contribution in [0.2, 0.25) is 0 Å². The smallest absolute Gasteiger partial charge is 0.274 e. The molecule has 0 radical (unpaired) electrons. The third-order valence-electron chi connectivity index (χ3n) is 4.66. The van der Waals surface area contributed by atoms with Gasteiger partial charge in [-0.05, 0) is 31.0 Å². The summed E-state index contributed by atoms with van der Waals surface area (Å²) in [4.78, 5) is 27.0. The SMILES string of the molecule is COc1ccc(-c2noc(C3CCCN3C(=O)c3cnccn3)n2)cc1OC. The Labute approximate surface area is 161 Å². The Kier molecular flexibility index (Phi) is 4.88. The van der Waals surface area contributed by atoms with Crippen LogP contribution in [0.4, 0.5) is 0 Å². The van der Waals surface area contributed by atoms with Gasteiger partial charge >= 0.3 is 0 Å². The van der Waals surface area contributed by atoms with Gasteiger partial charge in [0.1, 0.15) is 11.7 Å². The monoisotopic (exact) mass is 381 g/mol. The highest BCUT2D eigenvalue weighted by atomic mass is 16.5. The van der Waals surface area contributed by atoms with E-state index in [1.807, 2.05) is 6.07 Å². The maximum absolute atomic E-state index is 12.8. The lowest BCUT2D eigenvalue weighted by atomic mass is 10.2. The van der Waals surface area contributed by atoms with Gasteiger partial charge in [0.05, 0.1) is 20.4 Å². The minimum Gasteiger partial charge on any atom is -0.493 e. The zero-order valence-corrected chi connectivity index (χ0v) is 15.5. The number of aromatic nitrogens is 4. The van der Waals surface area contributed by atoms with E-state index in [4.69, 9.17) is 14.0 Å². The molecule has 0 aliphatic carbocycles. The third kappa shape index (κ3) is 3.26. The number of hydrogen-bond acceptors (Lipinski definition) is 8. The topological polar surface area (TPSA) is 103 Å².